The Morgan fingerprint density at radius 1 is 1.53 bits per heavy atom. The highest BCUT2D eigenvalue weighted by molar-refractivity contribution is 5.04. The summed E-state index contributed by atoms with van der Waals surface area (Å²) in [5.74, 6) is 6.51. The third kappa shape index (κ3) is 3.57. The molecule has 0 spiro atoms. The molecule has 2 rings (SSSR count). The van der Waals surface area contributed by atoms with Crippen molar-refractivity contribution in [3.8, 4) is 0 Å². The van der Waals surface area contributed by atoms with Crippen molar-refractivity contribution >= 4 is 0 Å². The van der Waals surface area contributed by atoms with E-state index in [2.05, 4.69) is 30.6 Å². The number of hydrogen-bond donors (Lipinski definition) is 2. The highest BCUT2D eigenvalue weighted by Crippen LogP contribution is 2.42. The maximum Gasteiger partial charge on any atom is 0.0521 e. The van der Waals surface area contributed by atoms with E-state index in [1.54, 1.807) is 0 Å². The van der Waals surface area contributed by atoms with Crippen LogP contribution < -0.4 is 11.3 Å². The van der Waals surface area contributed by atoms with Crippen LogP contribution in [0.2, 0.25) is 0 Å². The molecule has 0 radical (unpaired) electrons. The van der Waals surface area contributed by atoms with Gasteiger partial charge in [0.15, 0.2) is 0 Å². The average Bonchev–Trinajstić information content (AvgIpc) is 2.77. The van der Waals surface area contributed by atoms with Crippen molar-refractivity contribution < 1.29 is 0 Å². The fourth-order valence-corrected chi connectivity index (χ4v) is 3.59. The highest BCUT2D eigenvalue weighted by atomic mass is 15.2. The fourth-order valence-electron chi connectivity index (χ4n) is 3.59. The van der Waals surface area contributed by atoms with E-state index >= 15 is 0 Å². The van der Waals surface area contributed by atoms with Crippen LogP contribution in [0, 0.1) is 11.3 Å². The topological polar surface area (TPSA) is 55.9 Å². The number of rotatable bonds is 5. The van der Waals surface area contributed by atoms with Gasteiger partial charge in [0, 0.05) is 19.3 Å². The second kappa shape index (κ2) is 6.06. The molecule has 0 aliphatic heterocycles. The van der Waals surface area contributed by atoms with Crippen molar-refractivity contribution in [1.82, 2.24) is 15.2 Å². The van der Waals surface area contributed by atoms with Gasteiger partial charge in [0.2, 0.25) is 0 Å². The number of aromatic nitrogens is 2. The number of nitrogens with two attached hydrogens (primary N) is 1. The van der Waals surface area contributed by atoms with E-state index in [1.807, 2.05) is 17.9 Å². The predicted molar refractivity (Wildman–Crippen MR) is 78.4 cm³/mol. The van der Waals surface area contributed by atoms with Gasteiger partial charge >= 0.3 is 0 Å². The maximum absolute atomic E-state index is 5.82. The summed E-state index contributed by atoms with van der Waals surface area (Å²) < 4.78 is 1.87. The number of hydrogen-bond acceptors (Lipinski definition) is 3. The summed E-state index contributed by atoms with van der Waals surface area (Å²) in [6.07, 6.45) is 11.5. The SMILES string of the molecule is Cn1cc(CCC(NN)C2CCCCC2(C)C)cn1. The van der Waals surface area contributed by atoms with E-state index in [1.165, 1.54) is 31.2 Å². The first-order valence-corrected chi connectivity index (χ1v) is 7.46. The molecule has 2 unspecified atom stereocenters. The van der Waals surface area contributed by atoms with Crippen LogP contribution >= 0.6 is 0 Å². The minimum absolute atomic E-state index is 0.407. The Labute approximate surface area is 116 Å². The molecule has 19 heavy (non-hydrogen) atoms. The normalized spacial score (nSPS) is 24.3. The lowest BCUT2D eigenvalue weighted by atomic mass is 9.65. The molecule has 1 aromatic heterocycles. The Kier molecular flexibility index (Phi) is 4.63. The molecule has 108 valence electrons. The van der Waals surface area contributed by atoms with Crippen LogP contribution in [-0.2, 0) is 13.5 Å². The summed E-state index contributed by atoms with van der Waals surface area (Å²) in [7, 11) is 1.96. The van der Waals surface area contributed by atoms with Gasteiger partial charge in [-0.1, -0.05) is 26.7 Å². The van der Waals surface area contributed by atoms with Gasteiger partial charge in [-0.15, -0.1) is 0 Å². The third-order valence-electron chi connectivity index (χ3n) is 4.79. The summed E-state index contributed by atoms with van der Waals surface area (Å²) in [5.41, 5.74) is 4.79. The van der Waals surface area contributed by atoms with E-state index < -0.39 is 0 Å². The summed E-state index contributed by atoms with van der Waals surface area (Å²) in [4.78, 5) is 0. The molecule has 1 fully saturated rings. The molecule has 0 aromatic carbocycles. The molecule has 1 aromatic rings. The number of nitrogens with one attached hydrogen (secondary N) is 1. The quantitative estimate of drug-likeness (QED) is 0.634. The van der Waals surface area contributed by atoms with Crippen molar-refractivity contribution in [2.45, 2.75) is 58.4 Å². The van der Waals surface area contributed by atoms with Gasteiger partial charge in [-0.25, -0.2) is 0 Å². The number of nitrogens with zero attached hydrogens (tertiary/aromatic N) is 2. The third-order valence-corrected chi connectivity index (χ3v) is 4.79. The standard InChI is InChI=1S/C15H28N4/c1-15(2)9-5-4-6-13(15)14(18-16)8-7-12-10-17-19(3)11-12/h10-11,13-14,18H,4-9,16H2,1-3H3. The molecule has 0 bridgehead atoms. The molecular formula is C15H28N4. The van der Waals surface area contributed by atoms with E-state index in [0.717, 1.165) is 12.8 Å². The summed E-state index contributed by atoms with van der Waals surface area (Å²) in [6.45, 7) is 4.79. The Morgan fingerprint density at radius 3 is 2.89 bits per heavy atom. The predicted octanol–water partition coefficient (Wildman–Crippen LogP) is 2.40. The lowest BCUT2D eigenvalue weighted by molar-refractivity contribution is 0.0948. The van der Waals surface area contributed by atoms with Crippen LogP contribution in [0.25, 0.3) is 0 Å². The average molecular weight is 264 g/mol. The van der Waals surface area contributed by atoms with E-state index in [9.17, 15) is 0 Å². The van der Waals surface area contributed by atoms with Gasteiger partial charge in [0.05, 0.1) is 6.20 Å². The van der Waals surface area contributed by atoms with Crippen molar-refractivity contribution in [3.05, 3.63) is 18.0 Å². The fraction of sp³-hybridized carbons (Fsp3) is 0.800. The van der Waals surface area contributed by atoms with Gasteiger partial charge in [-0.2, -0.15) is 5.10 Å². The second-order valence-electron chi connectivity index (χ2n) is 6.67. The number of hydrazine groups is 1. The molecule has 0 saturated heterocycles. The Morgan fingerprint density at radius 2 is 2.32 bits per heavy atom. The van der Waals surface area contributed by atoms with Gasteiger partial charge in [0.25, 0.3) is 0 Å². The van der Waals surface area contributed by atoms with Gasteiger partial charge in [-0.05, 0) is 42.6 Å². The van der Waals surface area contributed by atoms with Crippen LogP contribution in [0.1, 0.15) is 51.5 Å². The molecule has 1 saturated carbocycles. The molecule has 4 heteroatoms. The van der Waals surface area contributed by atoms with Crippen LogP contribution in [0.3, 0.4) is 0 Å². The lowest BCUT2D eigenvalue weighted by Gasteiger charge is -2.43. The first-order valence-electron chi connectivity index (χ1n) is 7.46. The van der Waals surface area contributed by atoms with Crippen molar-refractivity contribution in [2.75, 3.05) is 0 Å². The Bertz CT molecular complexity index is 397. The van der Waals surface area contributed by atoms with Gasteiger partial charge < -0.3 is 0 Å². The van der Waals surface area contributed by atoms with E-state index in [0.29, 0.717) is 17.4 Å². The smallest absolute Gasteiger partial charge is 0.0521 e. The zero-order valence-electron chi connectivity index (χ0n) is 12.5. The molecule has 1 aliphatic carbocycles. The van der Waals surface area contributed by atoms with Crippen LogP contribution in [-0.4, -0.2) is 15.8 Å². The molecule has 1 heterocycles. The van der Waals surface area contributed by atoms with Gasteiger partial charge in [0.1, 0.15) is 0 Å². The zero-order valence-corrected chi connectivity index (χ0v) is 12.5. The summed E-state index contributed by atoms with van der Waals surface area (Å²) in [6, 6.07) is 0.413. The summed E-state index contributed by atoms with van der Waals surface area (Å²) in [5, 5.41) is 4.23. The Hall–Kier alpha value is -0.870. The summed E-state index contributed by atoms with van der Waals surface area (Å²) >= 11 is 0. The van der Waals surface area contributed by atoms with Crippen LogP contribution in [0.4, 0.5) is 0 Å². The second-order valence-corrected chi connectivity index (χ2v) is 6.67. The van der Waals surface area contributed by atoms with Crippen LogP contribution in [0.15, 0.2) is 12.4 Å². The van der Waals surface area contributed by atoms with Crippen molar-refractivity contribution in [1.29, 1.82) is 0 Å². The maximum atomic E-state index is 5.82. The monoisotopic (exact) mass is 264 g/mol. The highest BCUT2D eigenvalue weighted by Gasteiger charge is 2.36. The molecule has 2 atom stereocenters. The van der Waals surface area contributed by atoms with E-state index in [-0.39, 0.29) is 0 Å². The zero-order chi connectivity index (χ0) is 13.9. The first kappa shape index (κ1) is 14.5. The Balaban J connectivity index is 1.95. The molecule has 4 nitrogen and oxygen atoms in total. The van der Waals surface area contributed by atoms with Crippen LogP contribution in [0.5, 0.6) is 0 Å². The largest absolute Gasteiger partial charge is 0.276 e. The molecule has 0 amide bonds. The molecule has 1 aliphatic rings. The first-order chi connectivity index (χ1) is 9.03. The molecule has 3 N–H and O–H groups in total. The van der Waals surface area contributed by atoms with Crippen molar-refractivity contribution in [2.24, 2.45) is 24.2 Å². The van der Waals surface area contributed by atoms with Crippen molar-refractivity contribution in [3.63, 3.8) is 0 Å². The minimum Gasteiger partial charge on any atom is -0.276 e. The van der Waals surface area contributed by atoms with E-state index in [4.69, 9.17) is 5.84 Å². The molecular weight excluding hydrogens is 236 g/mol. The number of aryl methyl sites for hydroxylation is 2. The van der Waals surface area contributed by atoms with Gasteiger partial charge in [-0.3, -0.25) is 16.0 Å². The lowest BCUT2D eigenvalue weighted by Crippen LogP contribution is -2.47. The minimum atomic E-state index is 0.407.